The number of hydrogen-bond donors (Lipinski definition) is 0. The van der Waals surface area contributed by atoms with Gasteiger partial charge in [-0.1, -0.05) is 75.2 Å². The van der Waals surface area contributed by atoms with Gasteiger partial charge in [0, 0.05) is 31.3 Å². The number of hydrogen-bond acceptors (Lipinski definition) is 7. The van der Waals surface area contributed by atoms with Crippen LogP contribution in [0.4, 0.5) is 0 Å². The van der Waals surface area contributed by atoms with Gasteiger partial charge in [-0.05, 0) is 61.4 Å². The van der Waals surface area contributed by atoms with Crippen molar-refractivity contribution in [3.05, 3.63) is 79.4 Å². The Morgan fingerprint density at radius 2 is 1.36 bits per heavy atom. The van der Waals surface area contributed by atoms with Crippen LogP contribution in [0.5, 0.6) is 5.75 Å². The first kappa shape index (κ1) is 34.9. The zero-order valence-electron chi connectivity index (χ0n) is 25.2. The molecule has 7 heteroatoms. The smallest absolute Gasteiger partial charge is 0.330 e. The fraction of sp³-hybridized carbons (Fsp3) is 0.486. The van der Waals surface area contributed by atoms with Gasteiger partial charge >= 0.3 is 5.97 Å². The number of esters is 1. The van der Waals surface area contributed by atoms with E-state index in [1.54, 1.807) is 7.11 Å². The highest BCUT2D eigenvalue weighted by Gasteiger charge is 2.23. The summed E-state index contributed by atoms with van der Waals surface area (Å²) < 4.78 is 28.0. The maximum atomic E-state index is 11.0. The summed E-state index contributed by atoms with van der Waals surface area (Å²) in [5.41, 5.74) is 3.37. The molecule has 0 atom stereocenters. The van der Waals surface area contributed by atoms with Gasteiger partial charge in [-0.3, -0.25) is 4.79 Å². The summed E-state index contributed by atoms with van der Waals surface area (Å²) in [6.45, 7) is 10.0. The normalized spacial score (nSPS) is 16.0. The molecular weight excluding hydrogens is 532 g/mol. The van der Waals surface area contributed by atoms with Gasteiger partial charge in [0.1, 0.15) is 12.0 Å². The molecule has 0 aromatic heterocycles. The molecule has 1 fully saturated rings. The van der Waals surface area contributed by atoms with Crippen LogP contribution >= 0.6 is 0 Å². The van der Waals surface area contributed by atoms with Crippen molar-refractivity contribution in [2.45, 2.75) is 64.1 Å². The zero-order valence-corrected chi connectivity index (χ0v) is 25.2. The van der Waals surface area contributed by atoms with E-state index in [0.29, 0.717) is 18.8 Å². The molecule has 0 bridgehead atoms. The van der Waals surface area contributed by atoms with Crippen molar-refractivity contribution in [2.24, 2.45) is 5.92 Å². The van der Waals surface area contributed by atoms with Gasteiger partial charge in [0.25, 0.3) is 0 Å². The molecule has 0 amide bonds. The molecule has 1 aliphatic heterocycles. The molecule has 3 rings (SSSR count). The molecule has 1 saturated heterocycles. The van der Waals surface area contributed by atoms with Crippen molar-refractivity contribution in [2.75, 3.05) is 40.1 Å². The number of aldehydes is 1. The van der Waals surface area contributed by atoms with Crippen molar-refractivity contribution in [1.29, 1.82) is 0 Å². The molecule has 230 valence electrons. The van der Waals surface area contributed by atoms with Crippen LogP contribution in [-0.2, 0) is 28.5 Å². The van der Waals surface area contributed by atoms with Crippen LogP contribution < -0.4 is 4.74 Å². The van der Waals surface area contributed by atoms with Crippen LogP contribution in [0.3, 0.4) is 0 Å². The molecule has 42 heavy (non-hydrogen) atoms. The minimum absolute atomic E-state index is 0.301. The maximum absolute atomic E-state index is 11.0. The van der Waals surface area contributed by atoms with Gasteiger partial charge in [0.15, 0.2) is 6.29 Å². The summed E-state index contributed by atoms with van der Waals surface area (Å²) in [7, 11) is 1.75. The van der Waals surface area contributed by atoms with Gasteiger partial charge in [0.2, 0.25) is 0 Å². The van der Waals surface area contributed by atoms with E-state index in [1.807, 2.05) is 12.1 Å². The van der Waals surface area contributed by atoms with E-state index >= 15 is 0 Å². The zero-order chi connectivity index (χ0) is 30.3. The third-order valence-corrected chi connectivity index (χ3v) is 6.86. The molecule has 0 N–H and O–H groups in total. The molecule has 0 radical (unpaired) electrons. The van der Waals surface area contributed by atoms with Crippen LogP contribution in [0, 0.1) is 5.92 Å². The molecule has 0 spiro atoms. The molecular formula is C35H48O7. The van der Waals surface area contributed by atoms with Crippen LogP contribution in [0.2, 0.25) is 0 Å². The number of carbonyl (C=O) groups excluding carboxylic acids is 2. The van der Waals surface area contributed by atoms with Gasteiger partial charge in [-0.25, -0.2) is 4.79 Å². The average Bonchev–Trinajstić information content (AvgIpc) is 3.04. The van der Waals surface area contributed by atoms with Crippen LogP contribution in [0.25, 0.3) is 11.1 Å². The average molecular weight is 581 g/mol. The molecule has 0 aliphatic carbocycles. The molecule has 2 aromatic carbocycles. The number of unbranched alkanes of at least 4 members (excludes halogenated alkanes) is 6. The second kappa shape index (κ2) is 22.4. The lowest BCUT2D eigenvalue weighted by Crippen LogP contribution is -2.27. The van der Waals surface area contributed by atoms with E-state index in [1.165, 1.54) is 25.0 Å². The first-order valence-corrected chi connectivity index (χ1v) is 15.0. The predicted molar refractivity (Wildman–Crippen MR) is 166 cm³/mol. The fourth-order valence-corrected chi connectivity index (χ4v) is 4.49. The van der Waals surface area contributed by atoms with Crippen molar-refractivity contribution in [1.82, 2.24) is 0 Å². The Morgan fingerprint density at radius 3 is 1.93 bits per heavy atom. The van der Waals surface area contributed by atoms with Crippen molar-refractivity contribution in [3.63, 3.8) is 0 Å². The maximum Gasteiger partial charge on any atom is 0.330 e. The third kappa shape index (κ3) is 14.6. The largest absolute Gasteiger partial charge is 0.494 e. The van der Waals surface area contributed by atoms with Crippen molar-refractivity contribution < 1.29 is 33.3 Å². The highest BCUT2D eigenvalue weighted by Crippen LogP contribution is 2.30. The summed E-state index contributed by atoms with van der Waals surface area (Å²) in [6.07, 6.45) is 12.6. The van der Waals surface area contributed by atoms with E-state index in [-0.39, 0.29) is 12.3 Å². The predicted octanol–water partition coefficient (Wildman–Crippen LogP) is 7.65. The van der Waals surface area contributed by atoms with E-state index in [4.69, 9.17) is 28.5 Å². The Hall–Kier alpha value is -3.26. The minimum atomic E-state index is -0.346. The Kier molecular flexibility index (Phi) is 18.6. The Labute approximate surface area is 251 Å². The molecule has 2 aromatic rings. The van der Waals surface area contributed by atoms with E-state index < -0.39 is 0 Å². The summed E-state index contributed by atoms with van der Waals surface area (Å²) >= 11 is 0. The second-order valence-electron chi connectivity index (χ2n) is 10.2. The monoisotopic (exact) mass is 580 g/mol. The molecule has 0 unspecified atom stereocenters. The first-order chi connectivity index (χ1) is 20.6. The van der Waals surface area contributed by atoms with Crippen LogP contribution in [0.15, 0.2) is 73.8 Å². The Balaban J connectivity index is 0.00000144. The first-order valence-electron chi connectivity index (χ1n) is 15.0. The van der Waals surface area contributed by atoms with Gasteiger partial charge in [-0.15, -0.1) is 0 Å². The highest BCUT2D eigenvalue weighted by molar-refractivity contribution is 5.81. The number of carbonyl (C=O) groups is 2. The summed E-state index contributed by atoms with van der Waals surface area (Å²) in [5.74, 6) is 0.997. The molecule has 1 aliphatic rings. The highest BCUT2D eigenvalue weighted by atomic mass is 16.7. The van der Waals surface area contributed by atoms with Gasteiger partial charge in [0.05, 0.1) is 26.4 Å². The van der Waals surface area contributed by atoms with Crippen LogP contribution in [0.1, 0.15) is 69.6 Å². The Morgan fingerprint density at radius 1 is 0.810 bits per heavy atom. The SMILES string of the molecule is C=CC(=O)OCCCCCCC1COC(c2ccc(-c3ccc(OCCCCCCOC)cc3)cc2)OC1.C=CC=O. The summed E-state index contributed by atoms with van der Waals surface area (Å²) in [5, 5.41) is 0. The number of methoxy groups -OCH3 is 1. The standard InChI is InChI=1S/C32H44O6.C3H4O/c1-3-31(33)36-23-11-5-4-8-12-26-24-37-32(38-25-26)29-15-13-27(14-16-29)28-17-19-30(20-18-28)35-22-10-7-6-9-21-34-2;1-2-3-4/h3,13-20,26,32H,1,4-12,21-25H2,2H3;2-3H,1H2. The third-order valence-electron chi connectivity index (χ3n) is 6.86. The van der Waals surface area contributed by atoms with Gasteiger partial charge < -0.3 is 23.7 Å². The van der Waals surface area contributed by atoms with Crippen molar-refractivity contribution in [3.8, 4) is 16.9 Å². The topological polar surface area (TPSA) is 80.3 Å². The quantitative estimate of drug-likeness (QED) is 0.0731. The van der Waals surface area contributed by atoms with E-state index in [2.05, 4.69) is 49.6 Å². The second-order valence-corrected chi connectivity index (χ2v) is 10.2. The summed E-state index contributed by atoms with van der Waals surface area (Å²) in [4.78, 5) is 20.1. The number of benzene rings is 2. The lowest BCUT2D eigenvalue weighted by atomic mass is 10.0. The summed E-state index contributed by atoms with van der Waals surface area (Å²) in [6, 6.07) is 16.7. The van der Waals surface area contributed by atoms with E-state index in [0.717, 1.165) is 93.8 Å². The minimum Gasteiger partial charge on any atom is -0.494 e. The number of rotatable bonds is 19. The lowest BCUT2D eigenvalue weighted by molar-refractivity contribution is -0.206. The van der Waals surface area contributed by atoms with E-state index in [9.17, 15) is 4.79 Å². The molecule has 1 heterocycles. The molecule has 0 saturated carbocycles. The van der Waals surface area contributed by atoms with Crippen LogP contribution in [-0.4, -0.2) is 52.4 Å². The number of allylic oxidation sites excluding steroid dienone is 1. The Bertz CT molecular complexity index is 1000. The lowest BCUT2D eigenvalue weighted by Gasteiger charge is -2.29. The number of ether oxygens (including phenoxy) is 5. The fourth-order valence-electron chi connectivity index (χ4n) is 4.49. The van der Waals surface area contributed by atoms with Gasteiger partial charge in [-0.2, -0.15) is 0 Å². The van der Waals surface area contributed by atoms with Crippen molar-refractivity contribution >= 4 is 12.3 Å². The molecule has 7 nitrogen and oxygen atoms in total.